The van der Waals surface area contributed by atoms with E-state index in [1.54, 1.807) is 37.3 Å². The maximum atomic E-state index is 6.14. The van der Waals surface area contributed by atoms with Crippen molar-refractivity contribution < 1.29 is 9.47 Å². The summed E-state index contributed by atoms with van der Waals surface area (Å²) >= 11 is 7.77. The Morgan fingerprint density at radius 1 is 1.29 bits per heavy atom. The zero-order chi connectivity index (χ0) is 17.5. The average molecular weight is 370 g/mol. The summed E-state index contributed by atoms with van der Waals surface area (Å²) < 4.78 is 11.1. The number of fused-ring (bicyclic) bond motifs is 1. The quantitative estimate of drug-likeness (QED) is 0.807. The fourth-order valence-electron chi connectivity index (χ4n) is 2.41. The maximum Gasteiger partial charge on any atom is 0.223 e. The molecule has 2 N–H and O–H groups in total. The number of nitrogens with zero attached hydrogens (tertiary/aromatic N) is 2. The van der Waals surface area contributed by atoms with Gasteiger partial charge in [0.1, 0.15) is 11.3 Å². The SMILES string of the molecule is COCC(N)c1cnc(OC2CCC2)c2cnc(Cl)cc12.CSC. The number of nitrogens with two attached hydrogens (primary N) is 1. The van der Waals surface area contributed by atoms with E-state index in [2.05, 4.69) is 9.97 Å². The minimum absolute atomic E-state index is 0.259. The molecule has 0 bridgehead atoms. The second-order valence-electron chi connectivity index (χ2n) is 5.71. The number of methoxy groups -OCH3 is 1. The van der Waals surface area contributed by atoms with Crippen molar-refractivity contribution in [2.24, 2.45) is 5.73 Å². The Morgan fingerprint density at radius 2 is 2.00 bits per heavy atom. The summed E-state index contributed by atoms with van der Waals surface area (Å²) in [6.07, 6.45) is 11.2. The highest BCUT2D eigenvalue weighted by Crippen LogP contribution is 2.33. The van der Waals surface area contributed by atoms with Crippen LogP contribution in [0, 0.1) is 0 Å². The van der Waals surface area contributed by atoms with E-state index in [4.69, 9.17) is 26.8 Å². The van der Waals surface area contributed by atoms with Crippen LogP contribution in [0.15, 0.2) is 18.5 Å². The van der Waals surface area contributed by atoms with Crippen molar-refractivity contribution in [3.8, 4) is 5.88 Å². The van der Waals surface area contributed by atoms with Gasteiger partial charge in [-0.2, -0.15) is 11.8 Å². The van der Waals surface area contributed by atoms with E-state index in [9.17, 15) is 0 Å². The van der Waals surface area contributed by atoms with E-state index >= 15 is 0 Å². The Hall–Kier alpha value is -1.08. The van der Waals surface area contributed by atoms with E-state index in [1.807, 2.05) is 12.5 Å². The van der Waals surface area contributed by atoms with Crippen LogP contribution in [0.2, 0.25) is 5.15 Å². The van der Waals surface area contributed by atoms with Gasteiger partial charge in [-0.1, -0.05) is 11.6 Å². The van der Waals surface area contributed by atoms with Gasteiger partial charge in [0.2, 0.25) is 5.88 Å². The molecule has 1 aliphatic rings. The van der Waals surface area contributed by atoms with Crippen molar-refractivity contribution in [2.45, 2.75) is 31.4 Å². The van der Waals surface area contributed by atoms with Gasteiger partial charge in [-0.25, -0.2) is 9.97 Å². The molecule has 1 aliphatic carbocycles. The number of thioether (sulfide) groups is 1. The lowest BCUT2D eigenvalue weighted by atomic mass is 9.96. The highest BCUT2D eigenvalue weighted by Gasteiger charge is 2.22. The van der Waals surface area contributed by atoms with Crippen molar-refractivity contribution >= 4 is 34.1 Å². The first-order valence-corrected chi connectivity index (χ1v) is 9.87. The molecule has 2 aromatic heterocycles. The highest BCUT2D eigenvalue weighted by molar-refractivity contribution is 7.97. The molecule has 0 saturated heterocycles. The average Bonchev–Trinajstić information content (AvgIpc) is 2.51. The third kappa shape index (κ3) is 4.72. The standard InChI is InChI=1S/C15H18ClN3O2.C2H6S/c1-20-8-13(17)11-6-19-15(21-9-3-2-4-9)12-7-18-14(16)5-10(11)12;1-3-2/h5-7,9,13H,2-4,8,17H2,1H3;1-2H3. The summed E-state index contributed by atoms with van der Waals surface area (Å²) in [6.45, 7) is 0.416. The van der Waals surface area contributed by atoms with Gasteiger partial charge >= 0.3 is 0 Å². The lowest BCUT2D eigenvalue weighted by Gasteiger charge is -2.26. The molecule has 0 aromatic carbocycles. The minimum Gasteiger partial charge on any atom is -0.474 e. The molecule has 132 valence electrons. The van der Waals surface area contributed by atoms with Gasteiger partial charge in [-0.3, -0.25) is 0 Å². The Balaban J connectivity index is 0.000000647. The van der Waals surface area contributed by atoms with E-state index < -0.39 is 0 Å². The lowest BCUT2D eigenvalue weighted by molar-refractivity contribution is 0.116. The maximum absolute atomic E-state index is 6.14. The zero-order valence-corrected chi connectivity index (χ0v) is 15.9. The molecule has 0 radical (unpaired) electrons. The Labute approximate surface area is 152 Å². The number of rotatable bonds is 5. The third-order valence-corrected chi connectivity index (χ3v) is 4.02. The molecule has 5 nitrogen and oxygen atoms in total. The monoisotopic (exact) mass is 369 g/mol. The molecule has 0 spiro atoms. The first-order chi connectivity index (χ1) is 11.6. The predicted molar refractivity (Wildman–Crippen MR) is 101 cm³/mol. The van der Waals surface area contributed by atoms with E-state index in [1.165, 1.54) is 6.42 Å². The molecule has 24 heavy (non-hydrogen) atoms. The van der Waals surface area contributed by atoms with Gasteiger partial charge in [-0.15, -0.1) is 0 Å². The summed E-state index contributed by atoms with van der Waals surface area (Å²) in [6, 6.07) is 1.54. The zero-order valence-electron chi connectivity index (χ0n) is 14.3. The largest absolute Gasteiger partial charge is 0.474 e. The van der Waals surface area contributed by atoms with Crippen LogP contribution in [0.5, 0.6) is 5.88 Å². The summed E-state index contributed by atoms with van der Waals surface area (Å²) in [5, 5.41) is 2.19. The molecule has 1 atom stereocenters. The van der Waals surface area contributed by atoms with Gasteiger partial charge in [-0.05, 0) is 48.8 Å². The van der Waals surface area contributed by atoms with Gasteiger partial charge in [0.05, 0.1) is 18.0 Å². The number of pyridine rings is 2. The van der Waals surface area contributed by atoms with Gasteiger partial charge in [0, 0.05) is 19.5 Å². The van der Waals surface area contributed by atoms with Crippen molar-refractivity contribution in [1.82, 2.24) is 9.97 Å². The van der Waals surface area contributed by atoms with E-state index in [0.29, 0.717) is 17.6 Å². The van der Waals surface area contributed by atoms with Crippen LogP contribution in [0.4, 0.5) is 0 Å². The molecule has 0 amide bonds. The van der Waals surface area contributed by atoms with Crippen LogP contribution >= 0.6 is 23.4 Å². The van der Waals surface area contributed by atoms with Gasteiger partial charge in [0.25, 0.3) is 0 Å². The first kappa shape index (κ1) is 19.2. The summed E-state index contributed by atoms with van der Waals surface area (Å²) in [4.78, 5) is 8.56. The highest BCUT2D eigenvalue weighted by atomic mass is 35.5. The molecule has 2 heterocycles. The Kier molecular flexibility index (Phi) is 7.55. The number of hydrogen-bond acceptors (Lipinski definition) is 6. The number of hydrogen-bond donors (Lipinski definition) is 1. The molecule has 1 unspecified atom stereocenters. The van der Waals surface area contributed by atoms with Crippen LogP contribution in [-0.4, -0.2) is 42.3 Å². The molecule has 3 rings (SSSR count). The van der Waals surface area contributed by atoms with Crippen molar-refractivity contribution in [2.75, 3.05) is 26.2 Å². The predicted octanol–water partition coefficient (Wildman–Crippen LogP) is 3.84. The normalized spacial score (nSPS) is 15.4. The second kappa shape index (κ2) is 9.42. The Bertz CT molecular complexity index is 668. The molecule has 1 fully saturated rings. The van der Waals surface area contributed by atoms with Crippen LogP contribution in [0.25, 0.3) is 10.8 Å². The van der Waals surface area contributed by atoms with Crippen LogP contribution < -0.4 is 10.5 Å². The number of halogens is 1. The van der Waals surface area contributed by atoms with Gasteiger partial charge in [0.15, 0.2) is 0 Å². The van der Waals surface area contributed by atoms with Crippen molar-refractivity contribution in [3.05, 3.63) is 29.2 Å². The van der Waals surface area contributed by atoms with Gasteiger partial charge < -0.3 is 15.2 Å². The van der Waals surface area contributed by atoms with Crippen LogP contribution in [0.1, 0.15) is 30.9 Å². The molecule has 1 saturated carbocycles. The lowest BCUT2D eigenvalue weighted by Crippen LogP contribution is -2.25. The minimum atomic E-state index is -0.263. The molecular weight excluding hydrogens is 346 g/mol. The van der Waals surface area contributed by atoms with E-state index in [0.717, 1.165) is 29.2 Å². The summed E-state index contributed by atoms with van der Waals surface area (Å²) in [5.41, 5.74) is 7.03. The fraction of sp³-hybridized carbons (Fsp3) is 0.529. The molecule has 2 aromatic rings. The van der Waals surface area contributed by atoms with Crippen molar-refractivity contribution in [3.63, 3.8) is 0 Å². The fourth-order valence-corrected chi connectivity index (χ4v) is 2.57. The molecule has 7 heteroatoms. The van der Waals surface area contributed by atoms with E-state index in [-0.39, 0.29) is 12.1 Å². The van der Waals surface area contributed by atoms with Crippen LogP contribution in [0.3, 0.4) is 0 Å². The molecule has 0 aliphatic heterocycles. The Morgan fingerprint density at radius 3 is 2.58 bits per heavy atom. The topological polar surface area (TPSA) is 70.3 Å². The number of aromatic nitrogens is 2. The van der Waals surface area contributed by atoms with Crippen molar-refractivity contribution in [1.29, 1.82) is 0 Å². The second-order valence-corrected chi connectivity index (χ2v) is 6.92. The van der Waals surface area contributed by atoms with Crippen LogP contribution in [-0.2, 0) is 4.74 Å². The summed E-state index contributed by atoms with van der Waals surface area (Å²) in [5.74, 6) is 0.604. The summed E-state index contributed by atoms with van der Waals surface area (Å²) in [7, 11) is 1.62. The smallest absolute Gasteiger partial charge is 0.223 e. The first-order valence-electron chi connectivity index (χ1n) is 7.86. The number of ether oxygens (including phenoxy) is 2. The third-order valence-electron chi connectivity index (χ3n) is 3.81. The molecular formula is C17H24ClN3O2S.